The Labute approximate surface area is 123 Å². The number of likely N-dealkylation sites (N-methyl/N-ethyl adjacent to an activating group) is 1. The highest BCUT2D eigenvalue weighted by atomic mass is 16.5. The molecule has 0 radical (unpaired) electrons. The summed E-state index contributed by atoms with van der Waals surface area (Å²) in [4.78, 5) is 0. The molecule has 112 valence electrons. The van der Waals surface area contributed by atoms with Gasteiger partial charge in [-0.2, -0.15) is 0 Å². The summed E-state index contributed by atoms with van der Waals surface area (Å²) in [6, 6.07) is 4.82. The highest BCUT2D eigenvalue weighted by molar-refractivity contribution is 5.44. The number of hydrogen-bond acceptors (Lipinski definition) is 2. The highest BCUT2D eigenvalue weighted by Crippen LogP contribution is 2.29. The standard InChI is InChI=1S/C18H29NO/c1-13-10-11-14(2)18(15(13)3)20-12-17(19-4)16-8-6-5-7-9-16/h10-11,16-17,19H,5-9,12H2,1-4H3. The first-order valence-corrected chi connectivity index (χ1v) is 8.00. The summed E-state index contributed by atoms with van der Waals surface area (Å²) in [5.74, 6) is 1.86. The Kier molecular flexibility index (Phi) is 5.47. The largest absolute Gasteiger partial charge is 0.491 e. The van der Waals surface area contributed by atoms with Gasteiger partial charge >= 0.3 is 0 Å². The van der Waals surface area contributed by atoms with Gasteiger partial charge in [0.05, 0.1) is 0 Å². The summed E-state index contributed by atoms with van der Waals surface area (Å²) in [6.45, 7) is 7.23. The maximum atomic E-state index is 6.19. The second-order valence-electron chi connectivity index (χ2n) is 6.26. The van der Waals surface area contributed by atoms with Gasteiger partial charge in [0.2, 0.25) is 0 Å². The van der Waals surface area contributed by atoms with Crippen LogP contribution in [0.3, 0.4) is 0 Å². The van der Waals surface area contributed by atoms with E-state index >= 15 is 0 Å². The van der Waals surface area contributed by atoms with Crippen molar-refractivity contribution in [2.45, 2.75) is 58.9 Å². The van der Waals surface area contributed by atoms with E-state index in [1.807, 2.05) is 0 Å². The lowest BCUT2D eigenvalue weighted by atomic mass is 9.84. The van der Waals surface area contributed by atoms with Crippen LogP contribution in [0.5, 0.6) is 5.75 Å². The molecule has 1 N–H and O–H groups in total. The number of rotatable bonds is 5. The Morgan fingerprint density at radius 3 is 2.40 bits per heavy atom. The first-order chi connectivity index (χ1) is 9.63. The van der Waals surface area contributed by atoms with Crippen LogP contribution in [0.2, 0.25) is 0 Å². The molecule has 1 aliphatic carbocycles. The van der Waals surface area contributed by atoms with Gasteiger partial charge in [-0.15, -0.1) is 0 Å². The molecular formula is C18H29NO. The summed E-state index contributed by atoms with van der Waals surface area (Å²) in [6.07, 6.45) is 6.86. The summed E-state index contributed by atoms with van der Waals surface area (Å²) >= 11 is 0. The molecule has 1 saturated carbocycles. The topological polar surface area (TPSA) is 21.3 Å². The zero-order chi connectivity index (χ0) is 14.5. The van der Waals surface area contributed by atoms with E-state index in [9.17, 15) is 0 Å². The van der Waals surface area contributed by atoms with E-state index in [0.717, 1.165) is 18.3 Å². The first kappa shape index (κ1) is 15.4. The van der Waals surface area contributed by atoms with Crippen molar-refractivity contribution in [2.24, 2.45) is 5.92 Å². The average molecular weight is 275 g/mol. The molecule has 1 aliphatic rings. The van der Waals surface area contributed by atoms with Gasteiger partial charge in [0.1, 0.15) is 12.4 Å². The molecular weight excluding hydrogens is 246 g/mol. The van der Waals surface area contributed by atoms with Gasteiger partial charge in [-0.1, -0.05) is 31.4 Å². The molecule has 0 spiro atoms. The van der Waals surface area contributed by atoms with E-state index in [0.29, 0.717) is 6.04 Å². The molecule has 2 rings (SSSR count). The van der Waals surface area contributed by atoms with Crippen LogP contribution in [0.15, 0.2) is 12.1 Å². The Bertz CT molecular complexity index is 435. The van der Waals surface area contributed by atoms with Gasteiger partial charge in [-0.05, 0) is 63.3 Å². The zero-order valence-corrected chi connectivity index (χ0v) is 13.5. The van der Waals surface area contributed by atoms with Crippen molar-refractivity contribution in [3.8, 4) is 5.75 Å². The predicted octanol–water partition coefficient (Wildman–Crippen LogP) is 4.16. The normalized spacial score (nSPS) is 18.0. The minimum atomic E-state index is 0.481. The molecule has 0 heterocycles. The minimum absolute atomic E-state index is 0.481. The van der Waals surface area contributed by atoms with Crippen molar-refractivity contribution in [3.63, 3.8) is 0 Å². The van der Waals surface area contributed by atoms with E-state index in [1.165, 1.54) is 48.8 Å². The monoisotopic (exact) mass is 275 g/mol. The van der Waals surface area contributed by atoms with Crippen LogP contribution >= 0.6 is 0 Å². The number of ether oxygens (including phenoxy) is 1. The number of benzene rings is 1. The van der Waals surface area contributed by atoms with Crippen LogP contribution in [0.25, 0.3) is 0 Å². The Morgan fingerprint density at radius 2 is 1.75 bits per heavy atom. The van der Waals surface area contributed by atoms with E-state index in [4.69, 9.17) is 4.74 Å². The SMILES string of the molecule is CNC(COc1c(C)ccc(C)c1C)C1CCCCC1. The van der Waals surface area contributed by atoms with Crippen LogP contribution in [-0.4, -0.2) is 19.7 Å². The van der Waals surface area contributed by atoms with Crippen molar-refractivity contribution < 1.29 is 4.74 Å². The molecule has 1 aromatic rings. The maximum absolute atomic E-state index is 6.19. The quantitative estimate of drug-likeness (QED) is 0.871. The third-order valence-electron chi connectivity index (χ3n) is 4.87. The number of nitrogens with one attached hydrogen (secondary N) is 1. The molecule has 0 saturated heterocycles. The fourth-order valence-corrected chi connectivity index (χ4v) is 3.31. The van der Waals surface area contributed by atoms with E-state index in [2.05, 4.69) is 45.3 Å². The smallest absolute Gasteiger partial charge is 0.125 e. The zero-order valence-electron chi connectivity index (χ0n) is 13.5. The lowest BCUT2D eigenvalue weighted by Gasteiger charge is -2.30. The Balaban J connectivity index is 2.01. The molecule has 20 heavy (non-hydrogen) atoms. The third kappa shape index (κ3) is 3.54. The van der Waals surface area contributed by atoms with Gasteiger partial charge in [0.25, 0.3) is 0 Å². The van der Waals surface area contributed by atoms with Crippen LogP contribution in [0, 0.1) is 26.7 Å². The van der Waals surface area contributed by atoms with Crippen LogP contribution in [0.1, 0.15) is 48.8 Å². The fourth-order valence-electron chi connectivity index (χ4n) is 3.31. The Hall–Kier alpha value is -1.02. The van der Waals surface area contributed by atoms with Gasteiger partial charge in [0.15, 0.2) is 0 Å². The molecule has 1 unspecified atom stereocenters. The van der Waals surface area contributed by atoms with E-state index in [-0.39, 0.29) is 0 Å². The third-order valence-corrected chi connectivity index (χ3v) is 4.87. The predicted molar refractivity (Wildman–Crippen MR) is 85.6 cm³/mol. The van der Waals surface area contributed by atoms with Crippen LogP contribution in [0.4, 0.5) is 0 Å². The average Bonchev–Trinajstić information content (AvgIpc) is 2.48. The second-order valence-corrected chi connectivity index (χ2v) is 6.26. The minimum Gasteiger partial charge on any atom is -0.491 e. The van der Waals surface area contributed by atoms with Gasteiger partial charge in [-0.3, -0.25) is 0 Å². The van der Waals surface area contributed by atoms with Crippen molar-refractivity contribution in [2.75, 3.05) is 13.7 Å². The maximum Gasteiger partial charge on any atom is 0.125 e. The second kappa shape index (κ2) is 7.12. The molecule has 1 fully saturated rings. The summed E-state index contributed by atoms with van der Waals surface area (Å²) < 4.78 is 6.19. The van der Waals surface area contributed by atoms with Crippen molar-refractivity contribution in [3.05, 3.63) is 28.8 Å². The Morgan fingerprint density at radius 1 is 1.10 bits per heavy atom. The molecule has 2 nitrogen and oxygen atoms in total. The molecule has 0 bridgehead atoms. The number of hydrogen-bond donors (Lipinski definition) is 1. The first-order valence-electron chi connectivity index (χ1n) is 8.00. The van der Waals surface area contributed by atoms with Crippen molar-refractivity contribution in [1.82, 2.24) is 5.32 Å². The van der Waals surface area contributed by atoms with E-state index in [1.54, 1.807) is 0 Å². The fraction of sp³-hybridized carbons (Fsp3) is 0.667. The van der Waals surface area contributed by atoms with Crippen LogP contribution in [-0.2, 0) is 0 Å². The van der Waals surface area contributed by atoms with Gasteiger partial charge in [0, 0.05) is 6.04 Å². The molecule has 1 atom stereocenters. The molecule has 0 amide bonds. The molecule has 0 aromatic heterocycles. The van der Waals surface area contributed by atoms with Gasteiger partial charge < -0.3 is 10.1 Å². The molecule has 2 heteroatoms. The van der Waals surface area contributed by atoms with Crippen molar-refractivity contribution in [1.29, 1.82) is 0 Å². The molecule has 0 aliphatic heterocycles. The van der Waals surface area contributed by atoms with Gasteiger partial charge in [-0.25, -0.2) is 0 Å². The van der Waals surface area contributed by atoms with Crippen LogP contribution < -0.4 is 10.1 Å². The lowest BCUT2D eigenvalue weighted by molar-refractivity contribution is 0.191. The summed E-state index contributed by atoms with van der Waals surface area (Å²) in [7, 11) is 2.07. The summed E-state index contributed by atoms with van der Waals surface area (Å²) in [5, 5.41) is 3.47. The molecule has 1 aromatic carbocycles. The summed E-state index contributed by atoms with van der Waals surface area (Å²) in [5.41, 5.74) is 3.83. The highest BCUT2D eigenvalue weighted by Gasteiger charge is 2.23. The number of aryl methyl sites for hydroxylation is 2. The lowest BCUT2D eigenvalue weighted by Crippen LogP contribution is -2.39. The van der Waals surface area contributed by atoms with E-state index < -0.39 is 0 Å². The van der Waals surface area contributed by atoms with Crippen molar-refractivity contribution >= 4 is 0 Å².